The first-order chi connectivity index (χ1) is 9.08. The molecule has 0 aliphatic carbocycles. The first-order valence-electron chi connectivity index (χ1n) is 5.83. The predicted molar refractivity (Wildman–Crippen MR) is 69.7 cm³/mol. The van der Waals surface area contributed by atoms with Gasteiger partial charge in [0, 0.05) is 35.5 Å². The number of anilines is 1. The highest BCUT2D eigenvalue weighted by atomic mass is 35.5. The Morgan fingerprint density at radius 3 is 3.05 bits per heavy atom. The van der Waals surface area contributed by atoms with E-state index in [-0.39, 0.29) is 12.3 Å². The number of amides is 1. The maximum absolute atomic E-state index is 14.0. The first kappa shape index (κ1) is 12.2. The molecule has 1 amide bonds. The van der Waals surface area contributed by atoms with Gasteiger partial charge in [-0.15, -0.1) is 0 Å². The molecule has 0 saturated heterocycles. The van der Waals surface area contributed by atoms with E-state index in [1.807, 2.05) is 0 Å². The summed E-state index contributed by atoms with van der Waals surface area (Å²) in [7, 11) is 1.73. The van der Waals surface area contributed by atoms with Crippen LogP contribution in [0.5, 0.6) is 0 Å². The Balaban J connectivity index is 2.18. The van der Waals surface area contributed by atoms with E-state index in [2.05, 4.69) is 10.4 Å². The van der Waals surface area contributed by atoms with E-state index < -0.39 is 11.7 Å². The van der Waals surface area contributed by atoms with Crippen molar-refractivity contribution in [2.45, 2.75) is 12.3 Å². The van der Waals surface area contributed by atoms with Crippen LogP contribution in [-0.2, 0) is 11.8 Å². The Hall–Kier alpha value is -1.88. The maximum atomic E-state index is 14.0. The smallest absolute Gasteiger partial charge is 0.226 e. The molecule has 0 spiro atoms. The third-order valence-electron chi connectivity index (χ3n) is 3.34. The Kier molecular flexibility index (Phi) is 2.78. The number of halogens is 2. The lowest BCUT2D eigenvalue weighted by molar-refractivity contribution is -0.116. The Labute approximate surface area is 114 Å². The lowest BCUT2D eigenvalue weighted by Crippen LogP contribution is -2.25. The molecule has 0 bridgehead atoms. The number of hydrogen-bond acceptors (Lipinski definition) is 2. The van der Waals surface area contributed by atoms with Gasteiger partial charge in [-0.2, -0.15) is 5.10 Å². The monoisotopic (exact) mass is 279 g/mol. The largest absolute Gasteiger partial charge is 0.311 e. The lowest BCUT2D eigenvalue weighted by Gasteiger charge is -2.24. The molecule has 0 radical (unpaired) electrons. The lowest BCUT2D eigenvalue weighted by atomic mass is 9.87. The van der Waals surface area contributed by atoms with Crippen molar-refractivity contribution < 1.29 is 9.18 Å². The molecule has 2 heterocycles. The van der Waals surface area contributed by atoms with Crippen LogP contribution in [0.3, 0.4) is 0 Å². The summed E-state index contributed by atoms with van der Waals surface area (Å²) in [4.78, 5) is 11.8. The van der Waals surface area contributed by atoms with Crippen LogP contribution in [0.1, 0.15) is 23.5 Å². The van der Waals surface area contributed by atoms with Gasteiger partial charge in [0.05, 0.1) is 6.20 Å². The summed E-state index contributed by atoms with van der Waals surface area (Å²) in [6.45, 7) is 0. The van der Waals surface area contributed by atoms with E-state index >= 15 is 0 Å². The number of rotatable bonds is 1. The van der Waals surface area contributed by atoms with Gasteiger partial charge in [-0.1, -0.05) is 17.7 Å². The fourth-order valence-electron chi connectivity index (χ4n) is 2.44. The average Bonchev–Trinajstić information content (AvgIpc) is 2.71. The summed E-state index contributed by atoms with van der Waals surface area (Å²) in [6.07, 6.45) is 1.81. The quantitative estimate of drug-likeness (QED) is 0.872. The maximum Gasteiger partial charge on any atom is 0.226 e. The third kappa shape index (κ3) is 1.90. The molecule has 0 saturated carbocycles. The van der Waals surface area contributed by atoms with Crippen LogP contribution in [0.2, 0.25) is 5.02 Å². The third-order valence-corrected chi connectivity index (χ3v) is 3.67. The SMILES string of the molecule is Cn1ncc2c1NC(=O)CC2c1c(F)cccc1Cl. The molecular formula is C13H11ClFN3O. The average molecular weight is 280 g/mol. The Morgan fingerprint density at radius 1 is 1.53 bits per heavy atom. The molecule has 1 aromatic heterocycles. The van der Waals surface area contributed by atoms with Crippen LogP contribution in [0, 0.1) is 5.82 Å². The van der Waals surface area contributed by atoms with Crippen LogP contribution in [-0.4, -0.2) is 15.7 Å². The van der Waals surface area contributed by atoms with Crippen molar-refractivity contribution in [3.05, 3.63) is 46.4 Å². The van der Waals surface area contributed by atoms with Gasteiger partial charge in [-0.05, 0) is 12.1 Å². The normalized spacial score (nSPS) is 18.1. The van der Waals surface area contributed by atoms with Gasteiger partial charge in [0.25, 0.3) is 0 Å². The molecule has 19 heavy (non-hydrogen) atoms. The molecule has 1 atom stereocenters. The summed E-state index contributed by atoms with van der Waals surface area (Å²) >= 11 is 6.08. The minimum absolute atomic E-state index is 0.166. The van der Waals surface area contributed by atoms with E-state index in [4.69, 9.17) is 11.6 Å². The zero-order valence-electron chi connectivity index (χ0n) is 10.2. The second-order valence-corrected chi connectivity index (χ2v) is 4.92. The van der Waals surface area contributed by atoms with Gasteiger partial charge in [0.1, 0.15) is 11.6 Å². The number of nitrogens with zero attached hydrogens (tertiary/aromatic N) is 2. The highest BCUT2D eigenvalue weighted by molar-refractivity contribution is 6.31. The number of benzene rings is 1. The van der Waals surface area contributed by atoms with Crippen LogP contribution >= 0.6 is 11.6 Å². The molecule has 4 nitrogen and oxygen atoms in total. The minimum Gasteiger partial charge on any atom is -0.311 e. The molecular weight excluding hydrogens is 269 g/mol. The van der Waals surface area contributed by atoms with Crippen LogP contribution in [0.15, 0.2) is 24.4 Å². The summed E-state index contributed by atoms with van der Waals surface area (Å²) < 4.78 is 15.6. The molecule has 1 unspecified atom stereocenters. The fraction of sp³-hybridized carbons (Fsp3) is 0.231. The molecule has 1 aliphatic heterocycles. The second-order valence-electron chi connectivity index (χ2n) is 4.51. The van der Waals surface area contributed by atoms with E-state index in [0.29, 0.717) is 16.4 Å². The van der Waals surface area contributed by atoms with Gasteiger partial charge >= 0.3 is 0 Å². The van der Waals surface area contributed by atoms with Gasteiger partial charge in [-0.3, -0.25) is 9.48 Å². The predicted octanol–water partition coefficient (Wildman–Crippen LogP) is 2.69. The van der Waals surface area contributed by atoms with Crippen LogP contribution < -0.4 is 5.32 Å². The molecule has 1 aromatic carbocycles. The molecule has 98 valence electrons. The summed E-state index contributed by atoms with van der Waals surface area (Å²) in [5.41, 5.74) is 1.14. The topological polar surface area (TPSA) is 46.9 Å². The molecule has 2 aromatic rings. The highest BCUT2D eigenvalue weighted by Gasteiger charge is 2.32. The van der Waals surface area contributed by atoms with E-state index in [1.165, 1.54) is 6.07 Å². The van der Waals surface area contributed by atoms with Crippen molar-refractivity contribution in [1.29, 1.82) is 0 Å². The number of aromatic nitrogens is 2. The zero-order chi connectivity index (χ0) is 13.6. The number of carbonyl (C=O) groups excluding carboxylic acids is 1. The summed E-state index contributed by atoms with van der Waals surface area (Å²) in [5, 5.41) is 7.18. The molecule has 0 fully saturated rings. The van der Waals surface area contributed by atoms with Crippen molar-refractivity contribution in [3.63, 3.8) is 0 Å². The minimum atomic E-state index is -0.401. The highest BCUT2D eigenvalue weighted by Crippen LogP contribution is 2.40. The second kappa shape index (κ2) is 4.35. The number of carbonyl (C=O) groups is 1. The van der Waals surface area contributed by atoms with Crippen molar-refractivity contribution in [2.24, 2.45) is 7.05 Å². The van der Waals surface area contributed by atoms with Crippen LogP contribution in [0.25, 0.3) is 0 Å². The van der Waals surface area contributed by atoms with Crippen molar-refractivity contribution in [2.75, 3.05) is 5.32 Å². The summed E-state index contributed by atoms with van der Waals surface area (Å²) in [6, 6.07) is 4.53. The molecule has 1 aliphatic rings. The van der Waals surface area contributed by atoms with Crippen LogP contribution in [0.4, 0.5) is 10.2 Å². The van der Waals surface area contributed by atoms with E-state index in [9.17, 15) is 9.18 Å². The van der Waals surface area contributed by atoms with Gasteiger partial charge in [0.2, 0.25) is 5.91 Å². The standard InChI is InChI=1S/C13H11ClFN3O/c1-18-13-8(6-16-18)7(5-11(19)17-13)12-9(14)3-2-4-10(12)15/h2-4,6-7H,5H2,1H3,(H,17,19). The number of nitrogens with one attached hydrogen (secondary N) is 1. The van der Waals surface area contributed by atoms with Gasteiger partial charge in [0.15, 0.2) is 0 Å². The van der Waals surface area contributed by atoms with Crippen molar-refractivity contribution in [1.82, 2.24) is 9.78 Å². The first-order valence-corrected chi connectivity index (χ1v) is 6.21. The summed E-state index contributed by atoms with van der Waals surface area (Å²) in [5.74, 6) is -0.367. The number of fused-ring (bicyclic) bond motifs is 1. The Morgan fingerprint density at radius 2 is 2.32 bits per heavy atom. The van der Waals surface area contributed by atoms with E-state index in [1.54, 1.807) is 30.1 Å². The van der Waals surface area contributed by atoms with Crippen molar-refractivity contribution >= 4 is 23.3 Å². The number of hydrogen-bond donors (Lipinski definition) is 1. The van der Waals surface area contributed by atoms with Gasteiger partial charge < -0.3 is 5.32 Å². The molecule has 6 heteroatoms. The fourth-order valence-corrected chi connectivity index (χ4v) is 2.74. The van der Waals surface area contributed by atoms with Gasteiger partial charge in [-0.25, -0.2) is 4.39 Å². The Bertz CT molecular complexity index is 648. The van der Waals surface area contributed by atoms with E-state index in [0.717, 1.165) is 5.56 Å². The van der Waals surface area contributed by atoms with Crippen molar-refractivity contribution in [3.8, 4) is 0 Å². The number of aryl methyl sites for hydroxylation is 1. The molecule has 3 rings (SSSR count). The zero-order valence-corrected chi connectivity index (χ0v) is 10.9. The molecule has 1 N–H and O–H groups in total.